The van der Waals surface area contributed by atoms with Crippen molar-refractivity contribution in [1.29, 1.82) is 0 Å². The molecule has 4 N–H and O–H groups in total. The Morgan fingerprint density at radius 3 is 1.69 bits per heavy atom. The van der Waals surface area contributed by atoms with Crippen LogP contribution in [0.15, 0.2) is 0 Å². The lowest BCUT2D eigenvalue weighted by Crippen LogP contribution is -2.26. The first-order chi connectivity index (χ1) is 7.81. The standard InChI is InChI=1S/C9H20N2O5/c12-5-1-10-3-7-15-9(14)16-8-4-11-2-6-13/h10-13H,1-8H2. The van der Waals surface area contributed by atoms with Crippen LogP contribution in [0.4, 0.5) is 4.79 Å². The molecule has 0 rings (SSSR count). The zero-order valence-electron chi connectivity index (χ0n) is 9.28. The van der Waals surface area contributed by atoms with E-state index in [-0.39, 0.29) is 26.4 Å². The van der Waals surface area contributed by atoms with Crippen LogP contribution in [0, 0.1) is 0 Å². The molecule has 0 saturated heterocycles. The van der Waals surface area contributed by atoms with Crippen molar-refractivity contribution < 1.29 is 24.5 Å². The van der Waals surface area contributed by atoms with E-state index in [0.29, 0.717) is 26.2 Å². The lowest BCUT2D eigenvalue weighted by atomic mass is 10.6. The van der Waals surface area contributed by atoms with Crippen molar-refractivity contribution in [3.05, 3.63) is 0 Å². The Labute approximate surface area is 94.7 Å². The second kappa shape index (κ2) is 12.2. The molecule has 0 aromatic carbocycles. The van der Waals surface area contributed by atoms with E-state index in [9.17, 15) is 4.79 Å². The van der Waals surface area contributed by atoms with E-state index in [1.807, 2.05) is 0 Å². The Balaban J connectivity index is 3.12. The predicted molar refractivity (Wildman–Crippen MR) is 57.2 cm³/mol. The maximum absolute atomic E-state index is 10.9. The van der Waals surface area contributed by atoms with Crippen molar-refractivity contribution in [3.8, 4) is 0 Å². The summed E-state index contributed by atoms with van der Waals surface area (Å²) in [6.45, 7) is 2.46. The molecule has 0 unspecified atom stereocenters. The summed E-state index contributed by atoms with van der Waals surface area (Å²) in [5, 5.41) is 22.6. The van der Waals surface area contributed by atoms with Gasteiger partial charge in [-0.25, -0.2) is 4.79 Å². The first kappa shape index (κ1) is 15.1. The number of nitrogens with one attached hydrogen (secondary N) is 2. The third kappa shape index (κ3) is 11.2. The normalized spacial score (nSPS) is 10.1. The number of rotatable bonds is 10. The molecule has 0 bridgehead atoms. The van der Waals surface area contributed by atoms with Crippen molar-refractivity contribution in [2.45, 2.75) is 0 Å². The average Bonchev–Trinajstić information content (AvgIpc) is 2.28. The number of hydrogen-bond acceptors (Lipinski definition) is 7. The van der Waals surface area contributed by atoms with Crippen molar-refractivity contribution >= 4 is 6.16 Å². The summed E-state index contributed by atoms with van der Waals surface area (Å²) in [4.78, 5) is 10.9. The van der Waals surface area contributed by atoms with Crippen molar-refractivity contribution in [2.75, 3.05) is 52.6 Å². The van der Waals surface area contributed by atoms with E-state index in [4.69, 9.17) is 19.7 Å². The highest BCUT2D eigenvalue weighted by atomic mass is 16.7. The fraction of sp³-hybridized carbons (Fsp3) is 0.889. The predicted octanol–water partition coefficient (Wildman–Crippen LogP) is -1.70. The monoisotopic (exact) mass is 236 g/mol. The van der Waals surface area contributed by atoms with E-state index in [1.165, 1.54) is 0 Å². The van der Waals surface area contributed by atoms with Crippen LogP contribution >= 0.6 is 0 Å². The van der Waals surface area contributed by atoms with E-state index in [0.717, 1.165) is 0 Å². The third-order valence-corrected chi connectivity index (χ3v) is 1.57. The van der Waals surface area contributed by atoms with Crippen LogP contribution < -0.4 is 10.6 Å². The Morgan fingerprint density at radius 2 is 1.31 bits per heavy atom. The summed E-state index contributed by atoms with van der Waals surface area (Å²) in [6, 6.07) is 0. The molecule has 0 aromatic rings. The molecule has 16 heavy (non-hydrogen) atoms. The largest absolute Gasteiger partial charge is 0.508 e. The summed E-state index contributed by atoms with van der Waals surface area (Å²) in [5.41, 5.74) is 0. The molecule has 0 saturated carbocycles. The van der Waals surface area contributed by atoms with Crippen LogP contribution in [-0.2, 0) is 9.47 Å². The van der Waals surface area contributed by atoms with Crippen LogP contribution in [0.1, 0.15) is 0 Å². The van der Waals surface area contributed by atoms with Gasteiger partial charge in [-0.2, -0.15) is 0 Å². The first-order valence-corrected chi connectivity index (χ1v) is 5.24. The van der Waals surface area contributed by atoms with Gasteiger partial charge in [0.1, 0.15) is 13.2 Å². The highest BCUT2D eigenvalue weighted by molar-refractivity contribution is 5.59. The number of aliphatic hydroxyl groups is 2. The summed E-state index contributed by atoms with van der Waals surface area (Å²) in [6.07, 6.45) is -0.711. The topological polar surface area (TPSA) is 100 Å². The number of ether oxygens (including phenoxy) is 2. The maximum atomic E-state index is 10.9. The molecule has 0 aliphatic rings. The molecule has 0 aliphatic heterocycles. The third-order valence-electron chi connectivity index (χ3n) is 1.57. The van der Waals surface area contributed by atoms with E-state index >= 15 is 0 Å². The number of aliphatic hydroxyl groups excluding tert-OH is 2. The summed E-state index contributed by atoms with van der Waals surface area (Å²) >= 11 is 0. The summed E-state index contributed by atoms with van der Waals surface area (Å²) < 4.78 is 9.43. The van der Waals surface area contributed by atoms with Gasteiger partial charge in [-0.3, -0.25) is 0 Å². The molecular weight excluding hydrogens is 216 g/mol. The number of carbonyl (C=O) groups is 1. The van der Waals surface area contributed by atoms with E-state index in [1.54, 1.807) is 0 Å². The van der Waals surface area contributed by atoms with Gasteiger partial charge < -0.3 is 30.3 Å². The van der Waals surface area contributed by atoms with Crippen LogP contribution in [0.25, 0.3) is 0 Å². The average molecular weight is 236 g/mol. The van der Waals surface area contributed by atoms with Gasteiger partial charge in [0.2, 0.25) is 0 Å². The molecule has 0 amide bonds. The van der Waals surface area contributed by atoms with Crippen LogP contribution in [0.5, 0.6) is 0 Å². The van der Waals surface area contributed by atoms with Gasteiger partial charge in [-0.05, 0) is 0 Å². The minimum atomic E-state index is -0.711. The maximum Gasteiger partial charge on any atom is 0.508 e. The molecule has 0 aromatic heterocycles. The highest BCUT2D eigenvalue weighted by Gasteiger charge is 2.01. The fourth-order valence-electron chi connectivity index (χ4n) is 0.863. The number of hydrogen-bond donors (Lipinski definition) is 4. The molecule has 0 atom stereocenters. The van der Waals surface area contributed by atoms with Gasteiger partial charge >= 0.3 is 6.16 Å². The summed E-state index contributed by atoms with van der Waals surface area (Å²) in [5.74, 6) is 0. The molecule has 7 nitrogen and oxygen atoms in total. The Kier molecular flexibility index (Phi) is 11.5. The zero-order chi connectivity index (χ0) is 12.1. The molecule has 0 spiro atoms. The first-order valence-electron chi connectivity index (χ1n) is 5.24. The van der Waals surface area contributed by atoms with Gasteiger partial charge in [-0.15, -0.1) is 0 Å². The van der Waals surface area contributed by atoms with Gasteiger partial charge in [0.25, 0.3) is 0 Å². The Bertz CT molecular complexity index is 152. The second-order valence-corrected chi connectivity index (χ2v) is 2.89. The zero-order valence-corrected chi connectivity index (χ0v) is 9.28. The van der Waals surface area contributed by atoms with Crippen LogP contribution in [-0.4, -0.2) is 69.0 Å². The van der Waals surface area contributed by atoms with Gasteiger partial charge in [0.05, 0.1) is 13.2 Å². The fourth-order valence-corrected chi connectivity index (χ4v) is 0.863. The second-order valence-electron chi connectivity index (χ2n) is 2.89. The number of carbonyl (C=O) groups excluding carboxylic acids is 1. The highest BCUT2D eigenvalue weighted by Crippen LogP contribution is 1.83. The molecule has 0 fully saturated rings. The van der Waals surface area contributed by atoms with Gasteiger partial charge in [0, 0.05) is 26.2 Å². The molecule has 7 heteroatoms. The SMILES string of the molecule is O=C(OCCNCCO)OCCNCCO. The minimum Gasteiger partial charge on any atom is -0.433 e. The van der Waals surface area contributed by atoms with E-state index in [2.05, 4.69) is 10.6 Å². The van der Waals surface area contributed by atoms with Crippen LogP contribution in [0.2, 0.25) is 0 Å². The lowest BCUT2D eigenvalue weighted by molar-refractivity contribution is 0.0564. The molecule has 0 heterocycles. The van der Waals surface area contributed by atoms with Crippen molar-refractivity contribution in [3.63, 3.8) is 0 Å². The Morgan fingerprint density at radius 1 is 0.875 bits per heavy atom. The van der Waals surface area contributed by atoms with E-state index < -0.39 is 6.16 Å². The Hall–Kier alpha value is -0.890. The van der Waals surface area contributed by atoms with Gasteiger partial charge in [0.15, 0.2) is 0 Å². The smallest absolute Gasteiger partial charge is 0.433 e. The van der Waals surface area contributed by atoms with Crippen LogP contribution in [0.3, 0.4) is 0 Å². The van der Waals surface area contributed by atoms with Crippen molar-refractivity contribution in [2.24, 2.45) is 0 Å². The molecule has 96 valence electrons. The molecular formula is C9H20N2O5. The van der Waals surface area contributed by atoms with Crippen molar-refractivity contribution in [1.82, 2.24) is 10.6 Å². The lowest BCUT2D eigenvalue weighted by Gasteiger charge is -2.07. The molecule has 0 aliphatic carbocycles. The quantitative estimate of drug-likeness (QED) is 0.265. The molecule has 0 radical (unpaired) electrons. The van der Waals surface area contributed by atoms with Gasteiger partial charge in [-0.1, -0.05) is 0 Å². The summed E-state index contributed by atoms with van der Waals surface area (Å²) in [7, 11) is 0. The minimum absolute atomic E-state index is 0.0565.